The second kappa shape index (κ2) is 5.29. The summed E-state index contributed by atoms with van der Waals surface area (Å²) in [7, 11) is 0. The van der Waals surface area contributed by atoms with Crippen molar-refractivity contribution < 1.29 is 13.7 Å². The number of nitro groups is 1. The molecular weight excluding hydrogens is 242 g/mol. The lowest BCUT2D eigenvalue weighted by Gasteiger charge is -2.12. The number of benzene rings is 1. The molecule has 0 radical (unpaired) electrons. The van der Waals surface area contributed by atoms with Crippen LogP contribution in [0.4, 0.5) is 20.2 Å². The standard InChI is InChI=1S/C12H14F2N2O2/c13-9-5-10(14)12(11(6-9)16(17)18)15-7-8-3-1-2-4-8/h5-6,8,15H,1-4,7H2. The predicted octanol–water partition coefficient (Wildman–Crippen LogP) is 3.48. The Hall–Kier alpha value is -1.72. The van der Waals surface area contributed by atoms with Crippen LogP contribution in [-0.2, 0) is 0 Å². The van der Waals surface area contributed by atoms with Gasteiger partial charge in [-0.3, -0.25) is 10.1 Å². The van der Waals surface area contributed by atoms with Gasteiger partial charge in [0.2, 0.25) is 0 Å². The first-order chi connectivity index (χ1) is 8.58. The van der Waals surface area contributed by atoms with E-state index in [9.17, 15) is 18.9 Å². The Morgan fingerprint density at radius 2 is 2.00 bits per heavy atom. The molecule has 1 aromatic carbocycles. The Labute approximate surface area is 103 Å². The fourth-order valence-corrected chi connectivity index (χ4v) is 2.34. The molecule has 1 aliphatic carbocycles. The summed E-state index contributed by atoms with van der Waals surface area (Å²) < 4.78 is 26.5. The molecule has 1 aromatic rings. The number of nitrogens with zero attached hydrogens (tertiary/aromatic N) is 1. The van der Waals surface area contributed by atoms with Crippen molar-refractivity contribution >= 4 is 11.4 Å². The summed E-state index contributed by atoms with van der Waals surface area (Å²) in [6.07, 6.45) is 4.37. The van der Waals surface area contributed by atoms with E-state index >= 15 is 0 Å². The van der Waals surface area contributed by atoms with E-state index in [1.165, 1.54) is 0 Å². The van der Waals surface area contributed by atoms with Crippen molar-refractivity contribution in [3.63, 3.8) is 0 Å². The number of halogens is 2. The third-order valence-corrected chi connectivity index (χ3v) is 3.27. The maximum atomic E-state index is 13.5. The van der Waals surface area contributed by atoms with Gasteiger partial charge in [0.15, 0.2) is 5.82 Å². The molecular formula is C12H14F2N2O2. The number of hydrogen-bond donors (Lipinski definition) is 1. The van der Waals surface area contributed by atoms with E-state index in [2.05, 4.69) is 5.32 Å². The van der Waals surface area contributed by atoms with Gasteiger partial charge in [0.25, 0.3) is 5.69 Å². The van der Waals surface area contributed by atoms with Gasteiger partial charge in [-0.25, -0.2) is 8.78 Å². The van der Waals surface area contributed by atoms with Crippen LogP contribution >= 0.6 is 0 Å². The number of rotatable bonds is 4. The molecule has 1 saturated carbocycles. The number of nitrogens with one attached hydrogen (secondary N) is 1. The molecule has 6 heteroatoms. The maximum Gasteiger partial charge on any atom is 0.298 e. The fraction of sp³-hybridized carbons (Fsp3) is 0.500. The molecule has 18 heavy (non-hydrogen) atoms. The Bertz CT molecular complexity index is 460. The highest BCUT2D eigenvalue weighted by atomic mass is 19.1. The van der Waals surface area contributed by atoms with E-state index in [1.54, 1.807) is 0 Å². The van der Waals surface area contributed by atoms with Gasteiger partial charge in [-0.2, -0.15) is 0 Å². The molecule has 0 unspecified atom stereocenters. The summed E-state index contributed by atoms with van der Waals surface area (Å²) in [5.74, 6) is -1.45. The van der Waals surface area contributed by atoms with E-state index in [0.717, 1.165) is 31.7 Å². The van der Waals surface area contributed by atoms with Crippen LogP contribution in [0.15, 0.2) is 12.1 Å². The highest BCUT2D eigenvalue weighted by molar-refractivity contribution is 5.62. The van der Waals surface area contributed by atoms with Crippen molar-refractivity contribution in [2.45, 2.75) is 25.7 Å². The second-order valence-electron chi connectivity index (χ2n) is 4.57. The van der Waals surface area contributed by atoms with Gasteiger partial charge in [0, 0.05) is 12.6 Å². The summed E-state index contributed by atoms with van der Waals surface area (Å²) >= 11 is 0. The van der Waals surface area contributed by atoms with Crippen molar-refractivity contribution in [2.24, 2.45) is 5.92 Å². The van der Waals surface area contributed by atoms with Gasteiger partial charge < -0.3 is 5.32 Å². The summed E-state index contributed by atoms with van der Waals surface area (Å²) in [4.78, 5) is 9.98. The van der Waals surface area contributed by atoms with Crippen LogP contribution in [0, 0.1) is 27.7 Å². The van der Waals surface area contributed by atoms with Crippen molar-refractivity contribution in [1.82, 2.24) is 0 Å². The summed E-state index contributed by atoms with van der Waals surface area (Å²) in [5, 5.41) is 13.5. The van der Waals surface area contributed by atoms with Crippen LogP contribution in [0.5, 0.6) is 0 Å². The minimum Gasteiger partial charge on any atom is -0.377 e. The molecule has 0 aromatic heterocycles. The monoisotopic (exact) mass is 256 g/mol. The van der Waals surface area contributed by atoms with Crippen LogP contribution in [-0.4, -0.2) is 11.5 Å². The molecule has 0 atom stereocenters. The minimum atomic E-state index is -0.939. The van der Waals surface area contributed by atoms with Crippen molar-refractivity contribution in [3.05, 3.63) is 33.9 Å². The van der Waals surface area contributed by atoms with Gasteiger partial charge in [-0.1, -0.05) is 12.8 Å². The van der Waals surface area contributed by atoms with Crippen LogP contribution < -0.4 is 5.32 Å². The molecule has 0 amide bonds. The zero-order valence-corrected chi connectivity index (χ0v) is 9.79. The quantitative estimate of drug-likeness (QED) is 0.662. The van der Waals surface area contributed by atoms with Gasteiger partial charge in [0.05, 0.1) is 11.0 Å². The third-order valence-electron chi connectivity index (χ3n) is 3.27. The van der Waals surface area contributed by atoms with Crippen LogP contribution in [0.2, 0.25) is 0 Å². The molecule has 0 saturated heterocycles. The first-order valence-corrected chi connectivity index (χ1v) is 5.95. The SMILES string of the molecule is O=[N+]([O-])c1cc(F)cc(F)c1NCC1CCCC1. The average Bonchev–Trinajstić information content (AvgIpc) is 2.79. The number of nitro benzene ring substituents is 1. The summed E-state index contributed by atoms with van der Waals surface area (Å²) in [6.45, 7) is 0.489. The van der Waals surface area contributed by atoms with Crippen LogP contribution in [0.1, 0.15) is 25.7 Å². The zero-order valence-electron chi connectivity index (χ0n) is 9.79. The van der Waals surface area contributed by atoms with Crippen LogP contribution in [0.25, 0.3) is 0 Å². The Kier molecular flexibility index (Phi) is 3.74. The first-order valence-electron chi connectivity index (χ1n) is 5.95. The fourth-order valence-electron chi connectivity index (χ4n) is 2.34. The second-order valence-corrected chi connectivity index (χ2v) is 4.57. The molecule has 0 spiro atoms. The first kappa shape index (κ1) is 12.7. The molecule has 0 bridgehead atoms. The largest absolute Gasteiger partial charge is 0.377 e. The predicted molar refractivity (Wildman–Crippen MR) is 63.5 cm³/mol. The van der Waals surface area contributed by atoms with Gasteiger partial charge in [-0.05, 0) is 18.8 Å². The third kappa shape index (κ3) is 2.75. The lowest BCUT2D eigenvalue weighted by atomic mass is 10.1. The molecule has 4 nitrogen and oxygen atoms in total. The molecule has 2 rings (SSSR count). The smallest absolute Gasteiger partial charge is 0.298 e. The van der Waals surface area contributed by atoms with E-state index in [1.807, 2.05) is 0 Å². The normalized spacial score (nSPS) is 15.9. The lowest BCUT2D eigenvalue weighted by molar-refractivity contribution is -0.384. The van der Waals surface area contributed by atoms with Crippen molar-refractivity contribution in [1.29, 1.82) is 0 Å². The molecule has 1 fully saturated rings. The lowest BCUT2D eigenvalue weighted by Crippen LogP contribution is -2.13. The maximum absolute atomic E-state index is 13.5. The molecule has 1 N–H and O–H groups in total. The van der Waals surface area contributed by atoms with E-state index in [-0.39, 0.29) is 5.69 Å². The molecule has 1 aliphatic rings. The summed E-state index contributed by atoms with van der Waals surface area (Å²) in [5.41, 5.74) is -0.765. The average molecular weight is 256 g/mol. The summed E-state index contributed by atoms with van der Waals surface area (Å²) in [6, 6.07) is 1.39. The highest BCUT2D eigenvalue weighted by Gasteiger charge is 2.22. The Balaban J connectivity index is 2.17. The topological polar surface area (TPSA) is 55.2 Å². The Morgan fingerprint density at radius 3 is 2.61 bits per heavy atom. The van der Waals surface area contributed by atoms with E-state index < -0.39 is 22.2 Å². The van der Waals surface area contributed by atoms with Crippen LogP contribution in [0.3, 0.4) is 0 Å². The molecule has 98 valence electrons. The Morgan fingerprint density at radius 1 is 1.33 bits per heavy atom. The number of anilines is 1. The van der Waals surface area contributed by atoms with Gasteiger partial charge in [-0.15, -0.1) is 0 Å². The zero-order chi connectivity index (χ0) is 13.1. The van der Waals surface area contributed by atoms with Crippen molar-refractivity contribution in [3.8, 4) is 0 Å². The van der Waals surface area contributed by atoms with E-state index in [4.69, 9.17) is 0 Å². The molecule has 0 aliphatic heterocycles. The van der Waals surface area contributed by atoms with Crippen molar-refractivity contribution in [2.75, 3.05) is 11.9 Å². The van der Waals surface area contributed by atoms with Gasteiger partial charge in [0.1, 0.15) is 11.5 Å². The minimum absolute atomic E-state index is 0.215. The highest BCUT2D eigenvalue weighted by Crippen LogP contribution is 2.30. The van der Waals surface area contributed by atoms with E-state index in [0.29, 0.717) is 18.5 Å². The van der Waals surface area contributed by atoms with Gasteiger partial charge >= 0.3 is 0 Å². The molecule has 0 heterocycles. The number of hydrogen-bond acceptors (Lipinski definition) is 3.